The van der Waals surface area contributed by atoms with Crippen molar-refractivity contribution in [1.82, 2.24) is 0 Å². The van der Waals surface area contributed by atoms with Crippen molar-refractivity contribution in [1.29, 1.82) is 0 Å². The zero-order chi connectivity index (χ0) is 17.5. The Kier molecular flexibility index (Phi) is 8.34. The van der Waals surface area contributed by atoms with Gasteiger partial charge in [-0.1, -0.05) is 12.1 Å². The van der Waals surface area contributed by atoms with Gasteiger partial charge in [0.15, 0.2) is 0 Å². The number of nitrogens with two attached hydrogens (primary N) is 1. The molecule has 1 atom stereocenters. The molecule has 2 aromatic rings. The number of nitrogens with one attached hydrogen (secondary N) is 1. The molecular formula is C18H22ClFN2O3. The molecule has 0 saturated heterocycles. The molecular weight excluding hydrogens is 347 g/mol. The molecule has 0 aromatic heterocycles. The Labute approximate surface area is 152 Å². The summed E-state index contributed by atoms with van der Waals surface area (Å²) < 4.78 is 23.6. The van der Waals surface area contributed by atoms with Crippen LogP contribution in [0.15, 0.2) is 42.5 Å². The molecule has 3 N–H and O–H groups in total. The third kappa shape index (κ3) is 6.34. The van der Waals surface area contributed by atoms with Crippen LogP contribution in [0, 0.1) is 12.7 Å². The van der Waals surface area contributed by atoms with Crippen LogP contribution in [0.4, 0.5) is 10.1 Å². The van der Waals surface area contributed by atoms with E-state index in [4.69, 9.17) is 15.2 Å². The zero-order valence-corrected chi connectivity index (χ0v) is 14.9. The Hall–Kier alpha value is -2.15. The number of methoxy groups -OCH3 is 1. The van der Waals surface area contributed by atoms with Crippen molar-refractivity contribution in [2.24, 2.45) is 5.73 Å². The Morgan fingerprint density at radius 3 is 2.68 bits per heavy atom. The molecule has 1 unspecified atom stereocenters. The molecule has 5 nitrogen and oxygen atoms in total. The second kappa shape index (κ2) is 9.98. The highest BCUT2D eigenvalue weighted by molar-refractivity contribution is 5.95. The Morgan fingerprint density at radius 1 is 1.28 bits per heavy atom. The van der Waals surface area contributed by atoms with E-state index >= 15 is 0 Å². The summed E-state index contributed by atoms with van der Waals surface area (Å²) in [5.41, 5.74) is 7.93. The summed E-state index contributed by atoms with van der Waals surface area (Å²) in [4.78, 5) is 11.9. The lowest BCUT2D eigenvalue weighted by molar-refractivity contribution is -0.118. The first-order valence-electron chi connectivity index (χ1n) is 7.53. The maximum atomic E-state index is 13.1. The van der Waals surface area contributed by atoms with Gasteiger partial charge in [-0.2, -0.15) is 0 Å². The zero-order valence-electron chi connectivity index (χ0n) is 14.1. The first kappa shape index (κ1) is 20.9. The fourth-order valence-electron chi connectivity index (χ4n) is 2.14. The molecule has 0 fully saturated rings. The van der Waals surface area contributed by atoms with Crippen molar-refractivity contribution in [3.8, 4) is 5.75 Å². The van der Waals surface area contributed by atoms with E-state index < -0.39 is 6.04 Å². The lowest BCUT2D eigenvalue weighted by Crippen LogP contribution is -2.39. The van der Waals surface area contributed by atoms with Gasteiger partial charge in [-0.3, -0.25) is 4.79 Å². The standard InChI is InChI=1S/C18H21FN2O3.ClH/c1-12-8-15(24-10-13-4-3-5-14(19)9-13)6-7-17(12)21-18(22)16(20)11-23-2;/h3-9,16H,10-11,20H2,1-2H3,(H,21,22);1H. The average Bonchev–Trinajstić information content (AvgIpc) is 2.55. The Bertz CT molecular complexity index is 712. The van der Waals surface area contributed by atoms with Crippen LogP contribution in [-0.2, 0) is 16.1 Å². The normalized spacial score (nSPS) is 11.4. The molecule has 0 aliphatic carbocycles. The van der Waals surface area contributed by atoms with Crippen LogP contribution >= 0.6 is 12.4 Å². The van der Waals surface area contributed by atoms with Gasteiger partial charge in [-0.05, 0) is 48.4 Å². The van der Waals surface area contributed by atoms with Crippen LogP contribution in [0.5, 0.6) is 5.75 Å². The van der Waals surface area contributed by atoms with Crippen molar-refractivity contribution in [3.05, 3.63) is 59.4 Å². The number of anilines is 1. The topological polar surface area (TPSA) is 73.6 Å². The summed E-state index contributed by atoms with van der Waals surface area (Å²) in [6, 6.07) is 10.8. The molecule has 2 rings (SSSR count). The quantitative estimate of drug-likeness (QED) is 0.787. The molecule has 1 amide bonds. The van der Waals surface area contributed by atoms with Crippen LogP contribution < -0.4 is 15.8 Å². The number of amides is 1. The average molecular weight is 369 g/mol. The van der Waals surface area contributed by atoms with Crippen molar-refractivity contribution in [2.75, 3.05) is 19.0 Å². The van der Waals surface area contributed by atoms with Gasteiger partial charge in [0.25, 0.3) is 0 Å². The highest BCUT2D eigenvalue weighted by Gasteiger charge is 2.14. The monoisotopic (exact) mass is 368 g/mol. The minimum Gasteiger partial charge on any atom is -0.489 e. The number of halogens is 2. The number of ether oxygens (including phenoxy) is 2. The van der Waals surface area contributed by atoms with E-state index in [1.807, 2.05) is 6.92 Å². The van der Waals surface area contributed by atoms with Crippen LogP contribution in [0.2, 0.25) is 0 Å². The van der Waals surface area contributed by atoms with Gasteiger partial charge in [0.05, 0.1) is 6.61 Å². The van der Waals surface area contributed by atoms with E-state index in [1.165, 1.54) is 19.2 Å². The molecule has 0 bridgehead atoms. The highest BCUT2D eigenvalue weighted by Crippen LogP contribution is 2.22. The SMILES string of the molecule is COCC(N)C(=O)Nc1ccc(OCc2cccc(F)c2)cc1C.Cl. The van der Waals surface area contributed by atoms with E-state index in [0.717, 1.165) is 11.1 Å². The van der Waals surface area contributed by atoms with E-state index in [9.17, 15) is 9.18 Å². The molecule has 0 spiro atoms. The molecule has 7 heteroatoms. The van der Waals surface area contributed by atoms with Gasteiger partial charge in [0, 0.05) is 12.8 Å². The van der Waals surface area contributed by atoms with Crippen molar-refractivity contribution in [2.45, 2.75) is 19.6 Å². The van der Waals surface area contributed by atoms with Crippen LogP contribution in [0.1, 0.15) is 11.1 Å². The number of hydrogen-bond acceptors (Lipinski definition) is 4. The molecule has 0 heterocycles. The second-order valence-electron chi connectivity index (χ2n) is 5.45. The van der Waals surface area contributed by atoms with Gasteiger partial charge in [0.2, 0.25) is 5.91 Å². The number of benzene rings is 2. The molecule has 0 radical (unpaired) electrons. The predicted molar refractivity (Wildman–Crippen MR) is 97.6 cm³/mol. The van der Waals surface area contributed by atoms with E-state index in [1.54, 1.807) is 30.3 Å². The van der Waals surface area contributed by atoms with Gasteiger partial charge in [0.1, 0.15) is 24.2 Å². The van der Waals surface area contributed by atoms with Crippen molar-refractivity contribution >= 4 is 24.0 Å². The smallest absolute Gasteiger partial charge is 0.243 e. The van der Waals surface area contributed by atoms with Crippen molar-refractivity contribution in [3.63, 3.8) is 0 Å². The summed E-state index contributed by atoms with van der Waals surface area (Å²) in [7, 11) is 1.49. The van der Waals surface area contributed by atoms with Gasteiger partial charge in [-0.25, -0.2) is 4.39 Å². The Morgan fingerprint density at radius 2 is 2.04 bits per heavy atom. The van der Waals surface area contributed by atoms with Gasteiger partial charge in [-0.15, -0.1) is 12.4 Å². The number of carbonyl (C=O) groups is 1. The minimum atomic E-state index is -0.724. The van der Waals surface area contributed by atoms with E-state index in [2.05, 4.69) is 5.32 Å². The Balaban J connectivity index is 0.00000312. The van der Waals surface area contributed by atoms with E-state index in [0.29, 0.717) is 11.4 Å². The second-order valence-corrected chi connectivity index (χ2v) is 5.45. The predicted octanol–water partition coefficient (Wildman–Crippen LogP) is 3.05. The maximum absolute atomic E-state index is 13.1. The first-order valence-corrected chi connectivity index (χ1v) is 7.53. The van der Waals surface area contributed by atoms with Crippen LogP contribution in [0.25, 0.3) is 0 Å². The number of hydrogen-bond donors (Lipinski definition) is 2. The summed E-state index contributed by atoms with van der Waals surface area (Å²) in [5, 5.41) is 2.75. The van der Waals surface area contributed by atoms with Gasteiger partial charge < -0.3 is 20.5 Å². The van der Waals surface area contributed by atoms with Crippen LogP contribution in [-0.4, -0.2) is 25.7 Å². The lowest BCUT2D eigenvalue weighted by atomic mass is 10.1. The summed E-state index contributed by atoms with van der Waals surface area (Å²) in [6.45, 7) is 2.27. The summed E-state index contributed by atoms with van der Waals surface area (Å²) in [6.07, 6.45) is 0. The molecule has 136 valence electrons. The molecule has 0 aliphatic rings. The van der Waals surface area contributed by atoms with E-state index in [-0.39, 0.29) is 37.3 Å². The summed E-state index contributed by atoms with van der Waals surface area (Å²) >= 11 is 0. The summed E-state index contributed by atoms with van der Waals surface area (Å²) in [5.74, 6) is 0.0297. The third-order valence-corrected chi connectivity index (χ3v) is 3.43. The molecule has 2 aromatic carbocycles. The largest absolute Gasteiger partial charge is 0.489 e. The fraction of sp³-hybridized carbons (Fsp3) is 0.278. The fourth-order valence-corrected chi connectivity index (χ4v) is 2.14. The molecule has 0 aliphatic heterocycles. The maximum Gasteiger partial charge on any atom is 0.243 e. The third-order valence-electron chi connectivity index (χ3n) is 3.43. The van der Waals surface area contributed by atoms with Crippen molar-refractivity contribution < 1.29 is 18.7 Å². The number of rotatable bonds is 7. The van der Waals surface area contributed by atoms with Crippen LogP contribution in [0.3, 0.4) is 0 Å². The molecule has 25 heavy (non-hydrogen) atoms. The number of carbonyl (C=O) groups excluding carboxylic acids is 1. The number of aryl methyl sites for hydroxylation is 1. The van der Waals surface area contributed by atoms with Gasteiger partial charge >= 0.3 is 0 Å². The molecule has 0 saturated carbocycles. The highest BCUT2D eigenvalue weighted by atomic mass is 35.5. The first-order chi connectivity index (χ1) is 11.5. The minimum absolute atomic E-state index is 0. The lowest BCUT2D eigenvalue weighted by Gasteiger charge is -2.14.